The predicted octanol–water partition coefficient (Wildman–Crippen LogP) is 4.33. The summed E-state index contributed by atoms with van der Waals surface area (Å²) in [5, 5.41) is 0. The van der Waals surface area contributed by atoms with Gasteiger partial charge >= 0.3 is 0 Å². The van der Waals surface area contributed by atoms with Gasteiger partial charge in [-0.3, -0.25) is 0 Å². The highest BCUT2D eigenvalue weighted by Crippen LogP contribution is 2.53. The molecule has 2 aliphatic rings. The average molecular weight is 210 g/mol. The number of rotatable bonds is 0. The van der Waals surface area contributed by atoms with Crippen molar-refractivity contribution >= 4 is 5.57 Å². The Hall–Kier alpha value is -1.30. The van der Waals surface area contributed by atoms with Gasteiger partial charge in [0.25, 0.3) is 0 Å². The van der Waals surface area contributed by atoms with Crippen molar-refractivity contribution in [3.05, 3.63) is 53.1 Å². The molecular formula is C16H18. The SMILES string of the molecule is CC1=CC=C2c3ccccc3C(C)(C)C2C1. The molecule has 0 saturated carbocycles. The van der Waals surface area contributed by atoms with Gasteiger partial charge in [0.1, 0.15) is 0 Å². The number of hydrogen-bond acceptors (Lipinski definition) is 0. The highest BCUT2D eigenvalue weighted by atomic mass is 14.5. The van der Waals surface area contributed by atoms with Crippen LogP contribution in [0.3, 0.4) is 0 Å². The molecule has 1 aromatic rings. The van der Waals surface area contributed by atoms with Crippen molar-refractivity contribution in [3.8, 4) is 0 Å². The maximum Gasteiger partial charge on any atom is -0.00256 e. The molecule has 0 aliphatic heterocycles. The summed E-state index contributed by atoms with van der Waals surface area (Å²) >= 11 is 0. The summed E-state index contributed by atoms with van der Waals surface area (Å²) in [6.45, 7) is 7.01. The van der Waals surface area contributed by atoms with Gasteiger partial charge in [-0.05, 0) is 41.4 Å². The van der Waals surface area contributed by atoms with Crippen LogP contribution in [0.5, 0.6) is 0 Å². The summed E-state index contributed by atoms with van der Waals surface area (Å²) in [5.74, 6) is 0.676. The fraction of sp³-hybridized carbons (Fsp3) is 0.375. The molecule has 0 aromatic heterocycles. The third-order valence-corrected chi connectivity index (χ3v) is 4.25. The van der Waals surface area contributed by atoms with Crippen LogP contribution in [-0.2, 0) is 5.41 Å². The summed E-state index contributed by atoms with van der Waals surface area (Å²) in [7, 11) is 0. The standard InChI is InChI=1S/C16H18/c1-11-8-9-13-12-6-4-5-7-14(12)16(2,3)15(13)10-11/h4-9,15H,10H2,1-3H3. The van der Waals surface area contributed by atoms with Crippen molar-refractivity contribution in [2.75, 3.05) is 0 Å². The molecule has 3 rings (SSSR count). The van der Waals surface area contributed by atoms with Gasteiger partial charge in [0, 0.05) is 0 Å². The molecule has 0 heterocycles. The van der Waals surface area contributed by atoms with Crippen LogP contribution in [0.1, 0.15) is 38.3 Å². The molecule has 0 spiro atoms. The van der Waals surface area contributed by atoms with Crippen LogP contribution in [0.15, 0.2) is 42.0 Å². The van der Waals surface area contributed by atoms with Gasteiger partial charge in [-0.2, -0.15) is 0 Å². The molecule has 16 heavy (non-hydrogen) atoms. The Morgan fingerprint density at radius 3 is 2.69 bits per heavy atom. The van der Waals surface area contributed by atoms with E-state index in [1.165, 1.54) is 23.1 Å². The molecular weight excluding hydrogens is 192 g/mol. The number of fused-ring (bicyclic) bond motifs is 3. The first-order valence-corrected chi connectivity index (χ1v) is 6.08. The fourth-order valence-electron chi connectivity index (χ4n) is 3.25. The van der Waals surface area contributed by atoms with Gasteiger partial charge in [0.05, 0.1) is 0 Å². The Kier molecular flexibility index (Phi) is 1.92. The highest BCUT2D eigenvalue weighted by Gasteiger charge is 2.42. The lowest BCUT2D eigenvalue weighted by atomic mass is 9.73. The molecule has 82 valence electrons. The van der Waals surface area contributed by atoms with Gasteiger partial charge < -0.3 is 0 Å². The minimum Gasteiger partial charge on any atom is -0.0727 e. The van der Waals surface area contributed by atoms with Crippen molar-refractivity contribution in [1.82, 2.24) is 0 Å². The lowest BCUT2D eigenvalue weighted by Crippen LogP contribution is -2.24. The predicted molar refractivity (Wildman–Crippen MR) is 69.3 cm³/mol. The zero-order valence-electron chi connectivity index (χ0n) is 10.2. The highest BCUT2D eigenvalue weighted by molar-refractivity contribution is 5.79. The van der Waals surface area contributed by atoms with E-state index in [0.29, 0.717) is 5.92 Å². The maximum atomic E-state index is 2.38. The quantitative estimate of drug-likeness (QED) is 0.598. The minimum atomic E-state index is 0.290. The third kappa shape index (κ3) is 1.16. The largest absolute Gasteiger partial charge is 0.0727 e. The molecule has 0 nitrogen and oxygen atoms in total. The maximum absolute atomic E-state index is 2.38. The van der Waals surface area contributed by atoms with E-state index < -0.39 is 0 Å². The van der Waals surface area contributed by atoms with Crippen LogP contribution in [0.2, 0.25) is 0 Å². The Morgan fingerprint density at radius 2 is 1.88 bits per heavy atom. The summed E-state index contributed by atoms with van der Waals surface area (Å²) in [6.07, 6.45) is 5.83. The lowest BCUT2D eigenvalue weighted by Gasteiger charge is -2.30. The summed E-state index contributed by atoms with van der Waals surface area (Å²) < 4.78 is 0. The Bertz CT molecular complexity index is 501. The molecule has 0 radical (unpaired) electrons. The number of hydrogen-bond donors (Lipinski definition) is 0. The normalized spacial score (nSPS) is 25.6. The van der Waals surface area contributed by atoms with Crippen LogP contribution in [0, 0.1) is 5.92 Å². The van der Waals surface area contributed by atoms with Crippen molar-refractivity contribution in [3.63, 3.8) is 0 Å². The van der Waals surface area contributed by atoms with E-state index in [-0.39, 0.29) is 5.41 Å². The second kappa shape index (κ2) is 3.10. The fourth-order valence-corrected chi connectivity index (χ4v) is 3.25. The Morgan fingerprint density at radius 1 is 1.12 bits per heavy atom. The molecule has 0 bridgehead atoms. The zero-order valence-corrected chi connectivity index (χ0v) is 10.2. The van der Waals surface area contributed by atoms with E-state index in [9.17, 15) is 0 Å². The smallest absolute Gasteiger partial charge is 0.00256 e. The average Bonchev–Trinajstić information content (AvgIpc) is 2.49. The molecule has 1 atom stereocenters. The summed E-state index contributed by atoms with van der Waals surface area (Å²) in [5.41, 5.74) is 6.34. The van der Waals surface area contributed by atoms with E-state index in [4.69, 9.17) is 0 Å². The van der Waals surface area contributed by atoms with E-state index in [2.05, 4.69) is 57.2 Å². The van der Waals surface area contributed by atoms with Crippen molar-refractivity contribution in [1.29, 1.82) is 0 Å². The Labute approximate surface area is 97.7 Å². The van der Waals surface area contributed by atoms with Gasteiger partial charge in [-0.25, -0.2) is 0 Å². The van der Waals surface area contributed by atoms with Gasteiger partial charge in [0.15, 0.2) is 0 Å². The zero-order chi connectivity index (χ0) is 11.3. The monoisotopic (exact) mass is 210 g/mol. The van der Waals surface area contributed by atoms with Crippen molar-refractivity contribution < 1.29 is 0 Å². The second-order valence-electron chi connectivity index (χ2n) is 5.66. The van der Waals surface area contributed by atoms with E-state index in [1.54, 1.807) is 5.57 Å². The van der Waals surface area contributed by atoms with E-state index in [0.717, 1.165) is 0 Å². The number of benzene rings is 1. The summed E-state index contributed by atoms with van der Waals surface area (Å²) in [4.78, 5) is 0. The van der Waals surface area contributed by atoms with Gasteiger partial charge in [-0.1, -0.05) is 55.8 Å². The first-order valence-electron chi connectivity index (χ1n) is 6.08. The topological polar surface area (TPSA) is 0 Å². The molecule has 0 saturated heterocycles. The van der Waals surface area contributed by atoms with E-state index in [1.807, 2.05) is 0 Å². The van der Waals surface area contributed by atoms with Gasteiger partial charge in [0.2, 0.25) is 0 Å². The molecule has 0 fully saturated rings. The number of allylic oxidation sites excluding steroid dienone is 4. The first kappa shape index (κ1) is 9.89. The molecule has 1 aromatic carbocycles. The third-order valence-electron chi connectivity index (χ3n) is 4.25. The summed E-state index contributed by atoms with van der Waals surface area (Å²) in [6, 6.07) is 8.89. The van der Waals surface area contributed by atoms with Crippen molar-refractivity contribution in [2.24, 2.45) is 5.92 Å². The molecule has 0 N–H and O–H groups in total. The first-order chi connectivity index (χ1) is 7.60. The van der Waals surface area contributed by atoms with Gasteiger partial charge in [-0.15, -0.1) is 0 Å². The van der Waals surface area contributed by atoms with E-state index >= 15 is 0 Å². The van der Waals surface area contributed by atoms with Crippen LogP contribution in [0.4, 0.5) is 0 Å². The molecule has 2 aliphatic carbocycles. The van der Waals surface area contributed by atoms with Crippen LogP contribution < -0.4 is 0 Å². The minimum absolute atomic E-state index is 0.290. The van der Waals surface area contributed by atoms with Crippen molar-refractivity contribution in [2.45, 2.75) is 32.6 Å². The Balaban J connectivity index is 2.24. The molecule has 0 amide bonds. The second-order valence-corrected chi connectivity index (χ2v) is 5.66. The molecule has 0 heteroatoms. The molecule has 1 unspecified atom stereocenters. The lowest BCUT2D eigenvalue weighted by molar-refractivity contribution is 0.408. The van der Waals surface area contributed by atoms with Crippen LogP contribution in [-0.4, -0.2) is 0 Å². The van der Waals surface area contributed by atoms with Crippen LogP contribution >= 0.6 is 0 Å². The van der Waals surface area contributed by atoms with Crippen LogP contribution in [0.25, 0.3) is 5.57 Å².